The first-order chi connectivity index (χ1) is 6.86. The number of carbonyl (C=O) groups excluding carboxylic acids is 1. The van der Waals surface area contributed by atoms with Crippen LogP contribution in [-0.2, 0) is 14.4 Å². The maximum Gasteiger partial charge on any atom is 0.341 e. The van der Waals surface area contributed by atoms with Crippen LogP contribution >= 0.6 is 0 Å². The normalized spacial score (nSPS) is 10.5. The number of carboxylic acids is 2. The molecule has 0 bridgehead atoms. The van der Waals surface area contributed by atoms with E-state index in [2.05, 4.69) is 6.58 Å². The molecule has 6 nitrogen and oxygen atoms in total. The van der Waals surface area contributed by atoms with E-state index in [9.17, 15) is 14.4 Å². The van der Waals surface area contributed by atoms with Gasteiger partial charge in [0, 0.05) is 6.92 Å². The smallest absolute Gasteiger partial charge is 0.341 e. The highest BCUT2D eigenvalue weighted by Crippen LogP contribution is 2.14. The van der Waals surface area contributed by atoms with Gasteiger partial charge in [-0.05, 0) is 12.8 Å². The van der Waals surface area contributed by atoms with E-state index in [-0.39, 0.29) is 12.8 Å². The minimum Gasteiger partial charge on any atom is -0.479 e. The molecule has 0 radical (unpaired) electrons. The SMILES string of the molecule is C=CCCC(NC(C)=O)(C(=O)O)C(=O)O. The molecule has 0 aromatic carbocycles. The summed E-state index contributed by atoms with van der Waals surface area (Å²) in [4.78, 5) is 32.5. The van der Waals surface area contributed by atoms with Gasteiger partial charge >= 0.3 is 11.9 Å². The molecule has 0 atom stereocenters. The van der Waals surface area contributed by atoms with E-state index in [1.165, 1.54) is 6.08 Å². The second-order valence-corrected chi connectivity index (χ2v) is 3.02. The topological polar surface area (TPSA) is 104 Å². The number of carbonyl (C=O) groups is 3. The first-order valence-corrected chi connectivity index (χ1v) is 4.23. The van der Waals surface area contributed by atoms with Gasteiger partial charge in [0.15, 0.2) is 0 Å². The van der Waals surface area contributed by atoms with Crippen LogP contribution in [0.3, 0.4) is 0 Å². The van der Waals surface area contributed by atoms with Gasteiger partial charge in [0.25, 0.3) is 0 Å². The van der Waals surface area contributed by atoms with Crippen LogP contribution in [0.1, 0.15) is 19.8 Å². The van der Waals surface area contributed by atoms with Crippen molar-refractivity contribution in [2.75, 3.05) is 0 Å². The van der Waals surface area contributed by atoms with Crippen molar-refractivity contribution in [3.63, 3.8) is 0 Å². The molecule has 0 saturated carbocycles. The fraction of sp³-hybridized carbons (Fsp3) is 0.444. The quantitative estimate of drug-likeness (QED) is 0.427. The Bertz CT molecular complexity index is 283. The second-order valence-electron chi connectivity index (χ2n) is 3.02. The number of carboxylic acid groups (broad SMARTS) is 2. The number of amides is 1. The van der Waals surface area contributed by atoms with Crippen molar-refractivity contribution in [3.8, 4) is 0 Å². The summed E-state index contributed by atoms with van der Waals surface area (Å²) >= 11 is 0. The monoisotopic (exact) mass is 215 g/mol. The first kappa shape index (κ1) is 13.2. The molecule has 0 aromatic heterocycles. The number of rotatable bonds is 6. The molecule has 0 fully saturated rings. The van der Waals surface area contributed by atoms with E-state index in [4.69, 9.17) is 10.2 Å². The fourth-order valence-corrected chi connectivity index (χ4v) is 1.09. The third-order valence-electron chi connectivity index (χ3n) is 1.84. The lowest BCUT2D eigenvalue weighted by molar-refractivity contribution is -0.161. The van der Waals surface area contributed by atoms with Crippen LogP contribution in [0.25, 0.3) is 0 Å². The summed E-state index contributed by atoms with van der Waals surface area (Å²) in [5, 5.41) is 19.6. The zero-order valence-electron chi connectivity index (χ0n) is 8.32. The molecule has 15 heavy (non-hydrogen) atoms. The molecule has 0 heterocycles. The molecular formula is C9H13NO5. The molecule has 0 saturated heterocycles. The molecule has 1 amide bonds. The summed E-state index contributed by atoms with van der Waals surface area (Å²) in [7, 11) is 0. The Morgan fingerprint density at radius 1 is 1.33 bits per heavy atom. The predicted octanol–water partition coefficient (Wildman–Crippen LogP) is -0.00330. The van der Waals surface area contributed by atoms with Crippen molar-refractivity contribution in [1.29, 1.82) is 0 Å². The zero-order chi connectivity index (χ0) is 12.1. The van der Waals surface area contributed by atoms with Crippen molar-refractivity contribution in [1.82, 2.24) is 5.32 Å². The molecule has 0 rings (SSSR count). The third-order valence-corrected chi connectivity index (χ3v) is 1.84. The van der Waals surface area contributed by atoms with Gasteiger partial charge in [-0.15, -0.1) is 6.58 Å². The maximum absolute atomic E-state index is 10.9. The van der Waals surface area contributed by atoms with Crippen LogP contribution in [0.15, 0.2) is 12.7 Å². The van der Waals surface area contributed by atoms with Gasteiger partial charge in [-0.25, -0.2) is 9.59 Å². The van der Waals surface area contributed by atoms with E-state index in [0.29, 0.717) is 0 Å². The molecule has 3 N–H and O–H groups in total. The molecule has 6 heteroatoms. The number of allylic oxidation sites excluding steroid dienone is 1. The van der Waals surface area contributed by atoms with Gasteiger partial charge in [-0.3, -0.25) is 4.79 Å². The highest BCUT2D eigenvalue weighted by Gasteiger charge is 2.46. The molecule has 0 aliphatic carbocycles. The Hall–Kier alpha value is -1.85. The average Bonchev–Trinajstić information content (AvgIpc) is 2.10. The lowest BCUT2D eigenvalue weighted by Crippen LogP contribution is -2.59. The van der Waals surface area contributed by atoms with E-state index in [1.807, 2.05) is 5.32 Å². The molecular weight excluding hydrogens is 202 g/mol. The maximum atomic E-state index is 10.9. The highest BCUT2D eigenvalue weighted by atomic mass is 16.4. The van der Waals surface area contributed by atoms with Gasteiger partial charge < -0.3 is 15.5 Å². The summed E-state index contributed by atoms with van der Waals surface area (Å²) < 4.78 is 0. The summed E-state index contributed by atoms with van der Waals surface area (Å²) in [6, 6.07) is 0. The molecule has 0 aromatic rings. The standard InChI is InChI=1S/C9H13NO5/c1-3-4-5-9(7(12)13,8(14)15)10-6(2)11/h3H,1,4-5H2,2H3,(H,10,11)(H,12,13)(H,14,15). The molecule has 0 aliphatic rings. The lowest BCUT2D eigenvalue weighted by atomic mass is 9.93. The first-order valence-electron chi connectivity index (χ1n) is 4.23. The number of aliphatic carboxylic acids is 2. The van der Waals surface area contributed by atoms with Gasteiger partial charge in [-0.1, -0.05) is 6.08 Å². The van der Waals surface area contributed by atoms with Crippen molar-refractivity contribution in [2.24, 2.45) is 0 Å². The molecule has 0 unspecified atom stereocenters. The van der Waals surface area contributed by atoms with Gasteiger partial charge in [-0.2, -0.15) is 0 Å². The summed E-state index contributed by atoms with van der Waals surface area (Å²) in [6.07, 6.45) is 1.34. The second kappa shape index (κ2) is 5.14. The Labute approximate surface area is 86.6 Å². The Morgan fingerprint density at radius 3 is 2.07 bits per heavy atom. The van der Waals surface area contributed by atoms with Gasteiger partial charge in [0.1, 0.15) is 0 Å². The van der Waals surface area contributed by atoms with Crippen LogP contribution < -0.4 is 5.32 Å². The van der Waals surface area contributed by atoms with Crippen LogP contribution in [0.5, 0.6) is 0 Å². The summed E-state index contributed by atoms with van der Waals surface area (Å²) in [6.45, 7) is 4.43. The summed E-state index contributed by atoms with van der Waals surface area (Å²) in [5.41, 5.74) is -2.26. The predicted molar refractivity (Wildman–Crippen MR) is 51.3 cm³/mol. The van der Waals surface area contributed by atoms with E-state index in [0.717, 1.165) is 6.92 Å². The Kier molecular flexibility index (Phi) is 4.50. The fourth-order valence-electron chi connectivity index (χ4n) is 1.09. The largest absolute Gasteiger partial charge is 0.479 e. The van der Waals surface area contributed by atoms with Crippen molar-refractivity contribution in [2.45, 2.75) is 25.3 Å². The lowest BCUT2D eigenvalue weighted by Gasteiger charge is -2.24. The van der Waals surface area contributed by atoms with Gasteiger partial charge in [0.05, 0.1) is 0 Å². The third kappa shape index (κ3) is 3.08. The van der Waals surface area contributed by atoms with Crippen LogP contribution in [-0.4, -0.2) is 33.6 Å². The van der Waals surface area contributed by atoms with Crippen molar-refractivity contribution in [3.05, 3.63) is 12.7 Å². The number of hydrogen-bond donors (Lipinski definition) is 3. The van der Waals surface area contributed by atoms with Crippen molar-refractivity contribution < 1.29 is 24.6 Å². The minimum atomic E-state index is -2.26. The van der Waals surface area contributed by atoms with E-state index < -0.39 is 23.4 Å². The molecule has 0 spiro atoms. The zero-order valence-corrected chi connectivity index (χ0v) is 8.32. The highest BCUT2D eigenvalue weighted by molar-refractivity contribution is 6.06. The van der Waals surface area contributed by atoms with Crippen molar-refractivity contribution >= 4 is 17.8 Å². The Morgan fingerprint density at radius 2 is 1.80 bits per heavy atom. The van der Waals surface area contributed by atoms with E-state index in [1.54, 1.807) is 0 Å². The molecule has 84 valence electrons. The average molecular weight is 215 g/mol. The van der Waals surface area contributed by atoms with Crippen LogP contribution in [0, 0.1) is 0 Å². The molecule has 0 aliphatic heterocycles. The number of hydrogen-bond acceptors (Lipinski definition) is 3. The van der Waals surface area contributed by atoms with Gasteiger partial charge in [0.2, 0.25) is 11.4 Å². The number of nitrogens with one attached hydrogen (secondary N) is 1. The Balaban J connectivity index is 5.06. The van der Waals surface area contributed by atoms with Crippen LogP contribution in [0.4, 0.5) is 0 Å². The van der Waals surface area contributed by atoms with Crippen LogP contribution in [0.2, 0.25) is 0 Å². The minimum absolute atomic E-state index is 0.179. The van der Waals surface area contributed by atoms with E-state index >= 15 is 0 Å². The summed E-state index contributed by atoms with van der Waals surface area (Å²) in [5.74, 6) is -3.89.